The van der Waals surface area contributed by atoms with Crippen LogP contribution in [0.4, 0.5) is 0 Å². The van der Waals surface area contributed by atoms with Crippen LogP contribution >= 0.6 is 0 Å². The van der Waals surface area contributed by atoms with Gasteiger partial charge in [0, 0.05) is 19.7 Å². The number of carbonyl (C=O) groups is 1. The molecule has 100 valence electrons. The van der Waals surface area contributed by atoms with Crippen LogP contribution in [-0.2, 0) is 22.5 Å². The van der Waals surface area contributed by atoms with Gasteiger partial charge in [-0.05, 0) is 25.0 Å². The van der Waals surface area contributed by atoms with Crippen molar-refractivity contribution in [2.75, 3.05) is 13.2 Å². The van der Waals surface area contributed by atoms with E-state index in [4.69, 9.17) is 9.84 Å². The highest BCUT2D eigenvalue weighted by molar-refractivity contribution is 5.70. The van der Waals surface area contributed by atoms with Gasteiger partial charge < -0.3 is 15.2 Å². The lowest BCUT2D eigenvalue weighted by Crippen LogP contribution is -2.27. The van der Waals surface area contributed by atoms with Crippen LogP contribution < -0.4 is 5.32 Å². The Balaban J connectivity index is 2.48. The highest BCUT2D eigenvalue weighted by atomic mass is 16.5. The molecule has 0 amide bonds. The first-order valence-corrected chi connectivity index (χ1v) is 6.24. The van der Waals surface area contributed by atoms with E-state index in [1.165, 1.54) is 0 Å². The van der Waals surface area contributed by atoms with Gasteiger partial charge in [-0.3, -0.25) is 4.79 Å². The molecule has 0 aliphatic rings. The van der Waals surface area contributed by atoms with Gasteiger partial charge in [0.25, 0.3) is 0 Å². The van der Waals surface area contributed by atoms with Gasteiger partial charge in [-0.1, -0.05) is 24.3 Å². The monoisotopic (exact) mass is 251 g/mol. The molecule has 0 bridgehead atoms. The molecule has 4 nitrogen and oxygen atoms in total. The largest absolute Gasteiger partial charge is 0.481 e. The average Bonchev–Trinajstić information content (AvgIpc) is 2.31. The van der Waals surface area contributed by atoms with Crippen molar-refractivity contribution in [1.82, 2.24) is 5.32 Å². The predicted molar refractivity (Wildman–Crippen MR) is 70.6 cm³/mol. The molecule has 0 radical (unpaired) electrons. The maximum absolute atomic E-state index is 10.7. The molecule has 18 heavy (non-hydrogen) atoms. The lowest BCUT2D eigenvalue weighted by atomic mass is 10.0. The minimum Gasteiger partial charge on any atom is -0.481 e. The molecule has 2 N–H and O–H groups in total. The minimum absolute atomic E-state index is 0.0683. The summed E-state index contributed by atoms with van der Waals surface area (Å²) >= 11 is 0. The van der Waals surface area contributed by atoms with Crippen LogP contribution in [0.25, 0.3) is 0 Å². The van der Waals surface area contributed by atoms with Gasteiger partial charge >= 0.3 is 5.97 Å². The Morgan fingerprint density at radius 1 is 1.39 bits per heavy atom. The van der Waals surface area contributed by atoms with Gasteiger partial charge in [0.15, 0.2) is 0 Å². The van der Waals surface area contributed by atoms with E-state index >= 15 is 0 Å². The van der Waals surface area contributed by atoms with Crippen molar-refractivity contribution in [3.63, 3.8) is 0 Å². The van der Waals surface area contributed by atoms with E-state index < -0.39 is 5.97 Å². The third kappa shape index (κ3) is 5.29. The number of hydrogen-bond donors (Lipinski definition) is 2. The smallest absolute Gasteiger partial charge is 0.307 e. The number of carboxylic acids is 1. The number of carboxylic acid groups (broad SMARTS) is 1. The van der Waals surface area contributed by atoms with Gasteiger partial charge in [-0.25, -0.2) is 0 Å². The zero-order valence-corrected chi connectivity index (χ0v) is 11.0. The number of rotatable bonds is 8. The lowest BCUT2D eigenvalue weighted by molar-refractivity contribution is -0.136. The second kappa shape index (κ2) is 7.84. The summed E-state index contributed by atoms with van der Waals surface area (Å²) in [5.74, 6) is -0.801. The van der Waals surface area contributed by atoms with Crippen LogP contribution in [0.5, 0.6) is 0 Å². The van der Waals surface area contributed by atoms with Gasteiger partial charge in [0.05, 0.1) is 12.5 Å². The van der Waals surface area contributed by atoms with Crippen molar-refractivity contribution < 1.29 is 14.6 Å². The summed E-state index contributed by atoms with van der Waals surface area (Å²) in [6, 6.07) is 7.60. The van der Waals surface area contributed by atoms with Crippen molar-refractivity contribution in [2.45, 2.75) is 32.9 Å². The minimum atomic E-state index is -0.801. The third-order valence-corrected chi connectivity index (χ3v) is 2.66. The summed E-state index contributed by atoms with van der Waals surface area (Å²) in [5.41, 5.74) is 1.89. The summed E-state index contributed by atoms with van der Waals surface area (Å²) in [6.45, 7) is 6.12. The van der Waals surface area contributed by atoms with Gasteiger partial charge in [0.2, 0.25) is 0 Å². The average molecular weight is 251 g/mol. The summed E-state index contributed by atoms with van der Waals surface area (Å²) in [4.78, 5) is 10.7. The SMILES string of the molecule is CCOC(C)CNCc1ccccc1CC(=O)O. The van der Waals surface area contributed by atoms with Crippen LogP contribution in [0.3, 0.4) is 0 Å². The quantitative estimate of drug-likeness (QED) is 0.740. The Morgan fingerprint density at radius 2 is 2.06 bits per heavy atom. The van der Waals surface area contributed by atoms with E-state index in [2.05, 4.69) is 5.32 Å². The summed E-state index contributed by atoms with van der Waals surface area (Å²) in [5, 5.41) is 12.1. The Bertz CT molecular complexity index is 379. The Hall–Kier alpha value is -1.39. The molecule has 4 heteroatoms. The highest BCUT2D eigenvalue weighted by Gasteiger charge is 2.06. The molecule has 1 atom stereocenters. The topological polar surface area (TPSA) is 58.6 Å². The molecule has 0 aromatic heterocycles. The molecular formula is C14H21NO3. The summed E-state index contributed by atoms with van der Waals surface area (Å²) < 4.78 is 5.42. The highest BCUT2D eigenvalue weighted by Crippen LogP contribution is 2.09. The maximum atomic E-state index is 10.7. The fourth-order valence-electron chi connectivity index (χ4n) is 1.82. The summed E-state index contributed by atoms with van der Waals surface area (Å²) in [6.07, 6.45) is 0.237. The molecular weight excluding hydrogens is 230 g/mol. The fraction of sp³-hybridized carbons (Fsp3) is 0.500. The summed E-state index contributed by atoms with van der Waals surface area (Å²) in [7, 11) is 0. The molecule has 1 aromatic carbocycles. The van der Waals surface area contributed by atoms with E-state index in [-0.39, 0.29) is 12.5 Å². The second-order valence-electron chi connectivity index (χ2n) is 4.24. The fourth-order valence-corrected chi connectivity index (χ4v) is 1.82. The van der Waals surface area contributed by atoms with E-state index in [0.29, 0.717) is 13.2 Å². The first-order valence-electron chi connectivity index (χ1n) is 6.24. The van der Waals surface area contributed by atoms with Crippen molar-refractivity contribution in [2.24, 2.45) is 0 Å². The molecule has 0 fully saturated rings. The molecule has 0 spiro atoms. The van der Waals surface area contributed by atoms with E-state index in [0.717, 1.165) is 17.7 Å². The Morgan fingerprint density at radius 3 is 2.67 bits per heavy atom. The molecule has 0 saturated carbocycles. The van der Waals surface area contributed by atoms with Gasteiger partial charge in [-0.2, -0.15) is 0 Å². The maximum Gasteiger partial charge on any atom is 0.307 e. The first kappa shape index (κ1) is 14.7. The number of hydrogen-bond acceptors (Lipinski definition) is 3. The van der Waals surface area contributed by atoms with Crippen LogP contribution in [0.2, 0.25) is 0 Å². The molecule has 1 unspecified atom stereocenters. The zero-order valence-electron chi connectivity index (χ0n) is 11.0. The van der Waals surface area contributed by atoms with E-state index in [1.807, 2.05) is 38.1 Å². The molecule has 0 aliphatic carbocycles. The number of aliphatic carboxylic acids is 1. The number of nitrogens with one attached hydrogen (secondary N) is 1. The second-order valence-corrected chi connectivity index (χ2v) is 4.24. The van der Waals surface area contributed by atoms with Crippen molar-refractivity contribution in [1.29, 1.82) is 0 Å². The van der Waals surface area contributed by atoms with Crippen LogP contribution in [0.15, 0.2) is 24.3 Å². The van der Waals surface area contributed by atoms with Crippen molar-refractivity contribution in [3.05, 3.63) is 35.4 Å². The van der Waals surface area contributed by atoms with E-state index in [9.17, 15) is 4.79 Å². The molecule has 1 aromatic rings. The molecule has 0 aliphatic heterocycles. The van der Waals surface area contributed by atoms with Crippen LogP contribution in [0.1, 0.15) is 25.0 Å². The zero-order chi connectivity index (χ0) is 13.4. The van der Waals surface area contributed by atoms with Crippen LogP contribution in [0, 0.1) is 0 Å². The van der Waals surface area contributed by atoms with Gasteiger partial charge in [-0.15, -0.1) is 0 Å². The number of benzene rings is 1. The molecule has 0 saturated heterocycles. The Labute approximate surface area is 108 Å². The first-order chi connectivity index (χ1) is 8.63. The number of ether oxygens (including phenoxy) is 1. The molecule has 0 heterocycles. The van der Waals surface area contributed by atoms with Crippen molar-refractivity contribution in [3.8, 4) is 0 Å². The molecule has 1 rings (SSSR count). The van der Waals surface area contributed by atoms with Crippen LogP contribution in [-0.4, -0.2) is 30.3 Å². The Kier molecular flexibility index (Phi) is 6.39. The predicted octanol–water partition coefficient (Wildman–Crippen LogP) is 1.83. The standard InChI is InChI=1S/C14H21NO3/c1-3-18-11(2)9-15-10-13-7-5-4-6-12(13)8-14(16)17/h4-7,11,15H,3,8-10H2,1-2H3,(H,16,17). The van der Waals surface area contributed by atoms with E-state index in [1.54, 1.807) is 0 Å². The third-order valence-electron chi connectivity index (χ3n) is 2.66. The van der Waals surface area contributed by atoms with Crippen molar-refractivity contribution >= 4 is 5.97 Å². The lowest BCUT2D eigenvalue weighted by Gasteiger charge is -2.14. The van der Waals surface area contributed by atoms with Gasteiger partial charge in [0.1, 0.15) is 0 Å². The normalized spacial score (nSPS) is 12.3.